The minimum absolute atomic E-state index is 0. The minimum atomic E-state index is -5.17. The average Bonchev–Trinajstić information content (AvgIpc) is 3.07. The number of likely N-dealkylation sites (N-methyl/N-ethyl adjacent to an activating group) is 1. The van der Waals surface area contributed by atoms with Crippen molar-refractivity contribution in [2.75, 3.05) is 74.5 Å². The van der Waals surface area contributed by atoms with E-state index in [0.717, 1.165) is 0 Å². The van der Waals surface area contributed by atoms with Gasteiger partial charge in [0.25, 0.3) is 0 Å². The zero-order chi connectivity index (χ0) is 41.0. The normalized spacial score (nSPS) is 30.0. The molecule has 0 radical (unpaired) electrons. The Labute approximate surface area is 344 Å². The van der Waals surface area contributed by atoms with Crippen molar-refractivity contribution in [2.24, 2.45) is 23.2 Å². The molecule has 2 fully saturated rings. The van der Waals surface area contributed by atoms with Gasteiger partial charge in [0, 0.05) is 39.5 Å². The van der Waals surface area contributed by atoms with Gasteiger partial charge in [-0.1, -0.05) is 13.8 Å². The van der Waals surface area contributed by atoms with Crippen molar-refractivity contribution in [2.45, 2.75) is 89.3 Å². The van der Waals surface area contributed by atoms with Crippen LogP contribution >= 0.6 is 0 Å². The molecule has 55 heavy (non-hydrogen) atoms. The molecule has 0 spiro atoms. The average molecular weight is 825 g/mol. The molecule has 0 aromatic carbocycles. The number of methoxy groups -OCH3 is 2. The van der Waals surface area contributed by atoms with Crippen LogP contribution in [0.1, 0.15) is 40.5 Å². The Morgan fingerprint density at radius 3 is 2.11 bits per heavy atom. The topological polar surface area (TPSA) is 275 Å². The van der Waals surface area contributed by atoms with Gasteiger partial charge in [0.15, 0.2) is 12.2 Å². The monoisotopic (exact) mass is 824 g/mol. The number of rotatable bonds is 22. The molecule has 0 saturated carbocycles. The molecule has 1 amide bonds. The van der Waals surface area contributed by atoms with Gasteiger partial charge in [0.2, 0.25) is 16.3 Å². The van der Waals surface area contributed by atoms with Crippen LogP contribution in [0.3, 0.4) is 0 Å². The van der Waals surface area contributed by atoms with Gasteiger partial charge in [-0.3, -0.25) is 18.6 Å². The molecule has 2 saturated heterocycles. The first-order chi connectivity index (χ1) is 25.2. The van der Waals surface area contributed by atoms with E-state index in [2.05, 4.69) is 9.50 Å². The molecule has 20 nitrogen and oxygen atoms in total. The number of aliphatic carboxylic acids is 1. The van der Waals surface area contributed by atoms with Gasteiger partial charge in [-0.15, -0.1) is 0 Å². The molecule has 12 atom stereocenters. The smallest absolute Gasteiger partial charge is 0.726 e. The van der Waals surface area contributed by atoms with Crippen molar-refractivity contribution < 1.29 is 114 Å². The molecular formula is C33H57N2NaO18S. The molecule has 2 aliphatic heterocycles. The summed E-state index contributed by atoms with van der Waals surface area (Å²) in [6.07, 6.45) is -9.71. The number of nitrogens with one attached hydrogen (secondary N) is 1. The minimum Gasteiger partial charge on any atom is -0.726 e. The van der Waals surface area contributed by atoms with Crippen LogP contribution in [0.15, 0.2) is 0 Å². The summed E-state index contributed by atoms with van der Waals surface area (Å²) in [6, 6.07) is -0.981. The van der Waals surface area contributed by atoms with E-state index in [1.807, 2.05) is 19.0 Å². The molecule has 22 heteroatoms. The fourth-order valence-electron chi connectivity index (χ4n) is 6.49. The number of aliphatic hydroxyl groups excluding tert-OH is 2. The third-order valence-corrected chi connectivity index (χ3v) is 10.0. The third-order valence-electron chi connectivity index (χ3n) is 9.61. The maximum atomic E-state index is 13.6. The van der Waals surface area contributed by atoms with Gasteiger partial charge in [-0.2, -0.15) is 0 Å². The first-order valence-electron chi connectivity index (χ1n) is 17.5. The predicted octanol–water partition coefficient (Wildman–Crippen LogP) is -4.69. The summed E-state index contributed by atoms with van der Waals surface area (Å²) >= 11 is 0. The molecule has 314 valence electrons. The van der Waals surface area contributed by atoms with Crippen LogP contribution in [-0.2, 0) is 66.9 Å². The fourth-order valence-corrected chi connectivity index (χ4v) is 6.79. The van der Waals surface area contributed by atoms with E-state index in [-0.39, 0.29) is 55.8 Å². The van der Waals surface area contributed by atoms with Crippen LogP contribution in [0.5, 0.6) is 0 Å². The quantitative estimate of drug-likeness (QED) is 0.0346. The number of carboxylic acids is 1. The number of carboxylic acid groups (broad SMARTS) is 1. The molecule has 6 unspecified atom stereocenters. The SMILES string of the molecule is CCC(C)(CC(C)C(=O)OC1[C@H](COC[C@H]2C(NC(C)=O)[C@H](COC)OC(COS(=O)(=O)[O-])[C@@H]2O)OC(C(=O)O)[C@@H](COC)[C@H]1O)C(=O)OCCN(C)C.[Na+]. The van der Waals surface area contributed by atoms with Crippen molar-refractivity contribution in [1.82, 2.24) is 10.2 Å². The van der Waals surface area contributed by atoms with Crippen molar-refractivity contribution in [1.29, 1.82) is 0 Å². The van der Waals surface area contributed by atoms with Gasteiger partial charge in [-0.25, -0.2) is 13.2 Å². The Bertz CT molecular complexity index is 1340. The maximum Gasteiger partial charge on any atom is 1.00 e. The van der Waals surface area contributed by atoms with E-state index in [0.29, 0.717) is 13.0 Å². The summed E-state index contributed by atoms with van der Waals surface area (Å²) in [5.41, 5.74) is -1.06. The molecule has 0 aliphatic carbocycles. The number of hydrogen-bond acceptors (Lipinski definition) is 18. The Kier molecular flexibility index (Phi) is 22.2. The van der Waals surface area contributed by atoms with Crippen molar-refractivity contribution in [3.8, 4) is 0 Å². The van der Waals surface area contributed by atoms with Gasteiger partial charge in [-0.05, 0) is 33.9 Å². The number of hydrogen-bond donors (Lipinski definition) is 4. The van der Waals surface area contributed by atoms with Gasteiger partial charge < -0.3 is 63.2 Å². The summed E-state index contributed by atoms with van der Waals surface area (Å²) in [4.78, 5) is 52.8. The molecule has 0 aromatic rings. The molecule has 4 N–H and O–H groups in total. The molecule has 2 rings (SSSR count). The third kappa shape index (κ3) is 15.6. The van der Waals surface area contributed by atoms with Crippen LogP contribution in [0.4, 0.5) is 0 Å². The fraction of sp³-hybridized carbons (Fsp3) is 0.879. The zero-order valence-corrected chi connectivity index (χ0v) is 35.9. The van der Waals surface area contributed by atoms with Crippen LogP contribution in [0.25, 0.3) is 0 Å². The summed E-state index contributed by atoms with van der Waals surface area (Å²) in [6.45, 7) is 4.65. The summed E-state index contributed by atoms with van der Waals surface area (Å²) < 4.78 is 76.8. The van der Waals surface area contributed by atoms with E-state index in [1.54, 1.807) is 20.8 Å². The van der Waals surface area contributed by atoms with E-state index in [9.17, 15) is 47.5 Å². The van der Waals surface area contributed by atoms with E-state index < -0.39 is 126 Å². The number of carbonyl (C=O) groups excluding carboxylic acids is 3. The zero-order valence-electron chi connectivity index (χ0n) is 33.0. The first kappa shape index (κ1) is 51.4. The maximum absolute atomic E-state index is 13.6. The summed E-state index contributed by atoms with van der Waals surface area (Å²) in [7, 11) is 1.12. The van der Waals surface area contributed by atoms with E-state index >= 15 is 0 Å². The molecule has 2 aliphatic rings. The first-order valence-corrected chi connectivity index (χ1v) is 18.9. The molecular weight excluding hydrogens is 767 g/mol. The number of nitrogens with zero attached hydrogens (tertiary/aromatic N) is 1. The number of ether oxygens (including phenoxy) is 7. The van der Waals surface area contributed by atoms with E-state index in [4.69, 9.17) is 33.2 Å². The van der Waals surface area contributed by atoms with Gasteiger partial charge in [0.05, 0.1) is 56.5 Å². The Balaban J connectivity index is 0.0000151. The molecule has 2 heterocycles. The summed E-state index contributed by atoms with van der Waals surface area (Å²) in [5, 5.41) is 35.2. The summed E-state index contributed by atoms with van der Waals surface area (Å²) in [5.74, 6) is -6.40. The second-order valence-electron chi connectivity index (χ2n) is 14.2. The van der Waals surface area contributed by atoms with Crippen LogP contribution in [0, 0.1) is 23.2 Å². The standard InChI is InChI=1S/C33H58N2O18S.Na/c1-9-33(4,32(42)49-11-10-35(5)6)12-18(2)31(41)53-29-24(52-28(30(39)40)21(13-46-7)27(29)38)16-48-14-20-25(34-19(3)36)22(15-47-8)51-23(26(20)37)17-50-54(43,44)45;/h18,20-29,37-38H,9-17H2,1-8H3,(H,34,36)(H,39,40)(H,43,44,45);/q;+1/p-1/t18?,20-,21-,22-,23?,24-,25?,26+,27+,28?,29?,33?;/m0./s1. The second kappa shape index (κ2) is 23.7. The van der Waals surface area contributed by atoms with Crippen LogP contribution in [-0.4, -0.2) is 180 Å². The number of carbonyl (C=O) groups is 4. The Hall–Kier alpha value is -1.57. The number of esters is 2. The molecule has 0 aromatic heterocycles. The largest absolute Gasteiger partial charge is 1.00 e. The predicted molar refractivity (Wildman–Crippen MR) is 183 cm³/mol. The number of aliphatic hydroxyl groups is 2. The van der Waals surface area contributed by atoms with Crippen LogP contribution in [0.2, 0.25) is 0 Å². The van der Waals surface area contributed by atoms with Crippen molar-refractivity contribution in [3.05, 3.63) is 0 Å². The second-order valence-corrected chi connectivity index (χ2v) is 15.2. The Morgan fingerprint density at radius 1 is 0.945 bits per heavy atom. The Morgan fingerprint density at radius 2 is 1.58 bits per heavy atom. The van der Waals surface area contributed by atoms with Crippen LogP contribution < -0.4 is 34.9 Å². The number of amides is 1. The van der Waals surface area contributed by atoms with E-state index in [1.165, 1.54) is 21.1 Å². The molecule has 0 bridgehead atoms. The van der Waals surface area contributed by atoms with Gasteiger partial charge >= 0.3 is 47.5 Å². The van der Waals surface area contributed by atoms with Gasteiger partial charge in [0.1, 0.15) is 31.0 Å². The van der Waals surface area contributed by atoms with Crippen molar-refractivity contribution >= 4 is 34.2 Å². The van der Waals surface area contributed by atoms with Crippen molar-refractivity contribution in [3.63, 3.8) is 0 Å².